The minimum Gasteiger partial charge on any atom is -0.316 e. The Morgan fingerprint density at radius 1 is 1.47 bits per heavy atom. The SMILES string of the molecule is CNCc1cn(CCF)nc1-c1cccnc1. The Hall–Kier alpha value is -1.75. The quantitative estimate of drug-likeness (QED) is 0.855. The summed E-state index contributed by atoms with van der Waals surface area (Å²) in [5.41, 5.74) is 2.87. The summed E-state index contributed by atoms with van der Waals surface area (Å²) in [4.78, 5) is 4.07. The number of aryl methyl sites for hydroxylation is 1. The second-order valence-corrected chi connectivity index (χ2v) is 3.73. The molecule has 0 aliphatic rings. The number of alkyl halides is 1. The van der Waals surface area contributed by atoms with Gasteiger partial charge in [-0.3, -0.25) is 9.67 Å². The lowest BCUT2D eigenvalue weighted by atomic mass is 10.1. The molecule has 0 atom stereocenters. The van der Waals surface area contributed by atoms with Crippen molar-refractivity contribution in [3.8, 4) is 11.3 Å². The Balaban J connectivity index is 2.37. The zero-order valence-corrected chi connectivity index (χ0v) is 9.73. The van der Waals surface area contributed by atoms with Gasteiger partial charge in [0.25, 0.3) is 0 Å². The summed E-state index contributed by atoms with van der Waals surface area (Å²) in [6.45, 7) is 0.584. The molecular weight excluding hydrogens is 219 g/mol. The molecule has 0 bridgehead atoms. The van der Waals surface area contributed by atoms with Crippen LogP contribution in [0.25, 0.3) is 11.3 Å². The van der Waals surface area contributed by atoms with E-state index in [-0.39, 0.29) is 6.54 Å². The van der Waals surface area contributed by atoms with E-state index in [1.165, 1.54) is 0 Å². The molecule has 5 heteroatoms. The first-order chi connectivity index (χ1) is 8.35. The second kappa shape index (κ2) is 5.54. The highest BCUT2D eigenvalue weighted by molar-refractivity contribution is 5.61. The predicted octanol–water partition coefficient (Wildman–Crippen LogP) is 1.63. The maximum absolute atomic E-state index is 12.3. The Morgan fingerprint density at radius 2 is 2.35 bits per heavy atom. The maximum atomic E-state index is 12.3. The van der Waals surface area contributed by atoms with Crippen molar-refractivity contribution in [3.63, 3.8) is 0 Å². The number of hydrogen-bond donors (Lipinski definition) is 1. The molecule has 90 valence electrons. The number of rotatable bonds is 5. The average molecular weight is 234 g/mol. The molecule has 0 radical (unpaired) electrons. The summed E-state index contributed by atoms with van der Waals surface area (Å²) < 4.78 is 14.0. The van der Waals surface area contributed by atoms with Gasteiger partial charge in [-0.2, -0.15) is 5.10 Å². The Labute approximate surface area is 99.5 Å². The minimum atomic E-state index is -0.410. The van der Waals surface area contributed by atoms with Crippen molar-refractivity contribution in [2.24, 2.45) is 0 Å². The molecule has 0 spiro atoms. The fourth-order valence-corrected chi connectivity index (χ4v) is 1.73. The third-order valence-corrected chi connectivity index (χ3v) is 2.45. The first-order valence-corrected chi connectivity index (χ1v) is 5.52. The lowest BCUT2D eigenvalue weighted by Gasteiger charge is -2.00. The summed E-state index contributed by atoms with van der Waals surface area (Å²) in [6, 6.07) is 3.82. The van der Waals surface area contributed by atoms with E-state index in [2.05, 4.69) is 15.4 Å². The Bertz CT molecular complexity index is 467. The van der Waals surface area contributed by atoms with Gasteiger partial charge in [0.2, 0.25) is 0 Å². The van der Waals surface area contributed by atoms with Crippen LogP contribution in [0.5, 0.6) is 0 Å². The Morgan fingerprint density at radius 3 is 3.00 bits per heavy atom. The minimum absolute atomic E-state index is 0.289. The third kappa shape index (κ3) is 2.68. The van der Waals surface area contributed by atoms with E-state index in [1.807, 2.05) is 25.4 Å². The molecule has 1 N–H and O–H groups in total. The predicted molar refractivity (Wildman–Crippen MR) is 64.2 cm³/mol. The molecule has 2 rings (SSSR count). The van der Waals surface area contributed by atoms with E-state index in [0.717, 1.165) is 16.8 Å². The van der Waals surface area contributed by atoms with Crippen LogP contribution in [0, 0.1) is 0 Å². The Kier molecular flexibility index (Phi) is 3.82. The van der Waals surface area contributed by atoms with Crippen molar-refractivity contribution in [3.05, 3.63) is 36.3 Å². The second-order valence-electron chi connectivity index (χ2n) is 3.73. The number of pyridine rings is 1. The molecule has 0 aliphatic carbocycles. The molecule has 2 aromatic rings. The number of hydrogen-bond acceptors (Lipinski definition) is 3. The van der Waals surface area contributed by atoms with Crippen molar-refractivity contribution < 1.29 is 4.39 Å². The molecule has 0 fully saturated rings. The van der Waals surface area contributed by atoms with Crippen LogP contribution in [0.4, 0.5) is 4.39 Å². The summed E-state index contributed by atoms with van der Waals surface area (Å²) in [5.74, 6) is 0. The van der Waals surface area contributed by atoms with Gasteiger partial charge < -0.3 is 5.32 Å². The molecule has 0 saturated carbocycles. The van der Waals surface area contributed by atoms with Gasteiger partial charge in [0, 0.05) is 36.3 Å². The van der Waals surface area contributed by atoms with Crippen LogP contribution >= 0.6 is 0 Å². The lowest BCUT2D eigenvalue weighted by molar-refractivity contribution is 0.427. The fraction of sp³-hybridized carbons (Fsp3) is 0.333. The van der Waals surface area contributed by atoms with Gasteiger partial charge in [0.05, 0.1) is 12.2 Å². The van der Waals surface area contributed by atoms with Crippen molar-refractivity contribution >= 4 is 0 Å². The van der Waals surface area contributed by atoms with E-state index in [4.69, 9.17) is 0 Å². The molecule has 0 saturated heterocycles. The first-order valence-electron chi connectivity index (χ1n) is 5.52. The monoisotopic (exact) mass is 234 g/mol. The third-order valence-electron chi connectivity index (χ3n) is 2.45. The summed E-state index contributed by atoms with van der Waals surface area (Å²) >= 11 is 0. The number of aromatic nitrogens is 3. The fourth-order valence-electron chi connectivity index (χ4n) is 1.73. The molecule has 0 aromatic carbocycles. The highest BCUT2D eigenvalue weighted by Crippen LogP contribution is 2.20. The molecule has 17 heavy (non-hydrogen) atoms. The van der Waals surface area contributed by atoms with E-state index in [9.17, 15) is 4.39 Å². The van der Waals surface area contributed by atoms with Gasteiger partial charge >= 0.3 is 0 Å². The van der Waals surface area contributed by atoms with Crippen LogP contribution < -0.4 is 5.32 Å². The highest BCUT2D eigenvalue weighted by Gasteiger charge is 2.10. The molecular formula is C12H15FN4. The van der Waals surface area contributed by atoms with E-state index in [0.29, 0.717) is 6.54 Å². The van der Waals surface area contributed by atoms with Crippen LogP contribution in [0.15, 0.2) is 30.7 Å². The zero-order chi connectivity index (χ0) is 12.1. The van der Waals surface area contributed by atoms with Crippen molar-refractivity contribution in [1.82, 2.24) is 20.1 Å². The van der Waals surface area contributed by atoms with E-state index < -0.39 is 6.67 Å². The maximum Gasteiger partial charge on any atom is 0.109 e. The van der Waals surface area contributed by atoms with Gasteiger partial charge in [-0.15, -0.1) is 0 Å². The van der Waals surface area contributed by atoms with Crippen LogP contribution in [-0.2, 0) is 13.1 Å². The molecule has 2 aromatic heterocycles. The van der Waals surface area contributed by atoms with E-state index in [1.54, 1.807) is 17.1 Å². The largest absolute Gasteiger partial charge is 0.316 e. The van der Waals surface area contributed by atoms with Crippen molar-refractivity contribution in [2.45, 2.75) is 13.1 Å². The molecule has 2 heterocycles. The molecule has 0 aliphatic heterocycles. The molecule has 0 unspecified atom stereocenters. The van der Waals surface area contributed by atoms with Crippen LogP contribution in [0.3, 0.4) is 0 Å². The highest BCUT2D eigenvalue weighted by atomic mass is 19.1. The van der Waals surface area contributed by atoms with Gasteiger partial charge in [-0.1, -0.05) is 0 Å². The summed E-state index contributed by atoms with van der Waals surface area (Å²) in [6.07, 6.45) is 5.36. The van der Waals surface area contributed by atoms with Crippen molar-refractivity contribution in [1.29, 1.82) is 0 Å². The topological polar surface area (TPSA) is 42.7 Å². The standard InChI is InChI=1S/C12H15FN4/c1-14-7-11-9-17(6-4-13)16-12(11)10-3-2-5-15-8-10/h2-3,5,8-9,14H,4,6-7H2,1H3. The number of nitrogens with one attached hydrogen (secondary N) is 1. The van der Waals surface area contributed by atoms with Crippen LogP contribution in [0.1, 0.15) is 5.56 Å². The van der Waals surface area contributed by atoms with E-state index >= 15 is 0 Å². The smallest absolute Gasteiger partial charge is 0.109 e. The normalized spacial score (nSPS) is 10.7. The first kappa shape index (κ1) is 11.7. The summed E-state index contributed by atoms with van der Waals surface area (Å²) in [7, 11) is 1.87. The number of halogens is 1. The summed E-state index contributed by atoms with van der Waals surface area (Å²) in [5, 5.41) is 7.47. The lowest BCUT2D eigenvalue weighted by Crippen LogP contribution is -2.05. The van der Waals surface area contributed by atoms with Crippen LogP contribution in [-0.4, -0.2) is 28.5 Å². The molecule has 4 nitrogen and oxygen atoms in total. The average Bonchev–Trinajstić information content (AvgIpc) is 2.74. The van der Waals surface area contributed by atoms with Crippen LogP contribution in [0.2, 0.25) is 0 Å². The van der Waals surface area contributed by atoms with Gasteiger partial charge in [0.15, 0.2) is 0 Å². The molecule has 0 amide bonds. The number of nitrogens with zero attached hydrogens (tertiary/aromatic N) is 3. The van der Waals surface area contributed by atoms with Gasteiger partial charge in [-0.05, 0) is 19.2 Å². The van der Waals surface area contributed by atoms with Gasteiger partial charge in [0.1, 0.15) is 6.67 Å². The van der Waals surface area contributed by atoms with Crippen molar-refractivity contribution in [2.75, 3.05) is 13.7 Å². The van der Waals surface area contributed by atoms with Gasteiger partial charge in [-0.25, -0.2) is 4.39 Å². The zero-order valence-electron chi connectivity index (χ0n) is 9.73.